The molecule has 0 aliphatic rings. The molecule has 0 aromatic heterocycles. The number of hydroxylamine groups is 1. The summed E-state index contributed by atoms with van der Waals surface area (Å²) in [5.74, 6) is 0. The number of nitrogens with one attached hydrogen (secondary N) is 1. The largest absolute Gasteiger partial charge is 0.387 e. The Hall–Kier alpha value is -0.950. The van der Waals surface area contributed by atoms with Crippen LogP contribution in [0.4, 0.5) is 0 Å². The van der Waals surface area contributed by atoms with Crippen LogP contribution >= 0.6 is 0 Å². The molecule has 0 amide bonds. The molecule has 0 fully saturated rings. The van der Waals surface area contributed by atoms with E-state index in [0.717, 1.165) is 6.26 Å². The first-order chi connectivity index (χ1) is 7.95. The van der Waals surface area contributed by atoms with Gasteiger partial charge in [-0.05, 0) is 24.6 Å². The Morgan fingerprint density at radius 2 is 1.94 bits per heavy atom. The van der Waals surface area contributed by atoms with Crippen LogP contribution in [0.5, 0.6) is 0 Å². The van der Waals surface area contributed by atoms with Crippen molar-refractivity contribution < 1.29 is 18.4 Å². The molecule has 1 aromatic carbocycles. The molecule has 0 saturated carbocycles. The highest BCUT2D eigenvalue weighted by Gasteiger charge is 2.10. The lowest BCUT2D eigenvalue weighted by Gasteiger charge is -2.12. The molecule has 0 heterocycles. The zero-order valence-electron chi connectivity index (χ0n) is 9.88. The van der Waals surface area contributed by atoms with E-state index in [9.17, 15) is 13.5 Å². The summed E-state index contributed by atoms with van der Waals surface area (Å²) in [6, 6.07) is 6.15. The summed E-state index contributed by atoms with van der Waals surface area (Å²) in [4.78, 5) is 5.14. The van der Waals surface area contributed by atoms with Crippen LogP contribution in [0.25, 0.3) is 0 Å². The fraction of sp³-hybridized carbons (Fsp3) is 0.455. The first-order valence-electron chi connectivity index (χ1n) is 5.28. The average molecular weight is 259 g/mol. The number of sulfone groups is 1. The van der Waals surface area contributed by atoms with Gasteiger partial charge in [-0.2, -0.15) is 5.48 Å². The third-order valence-electron chi connectivity index (χ3n) is 2.22. The smallest absolute Gasteiger partial charge is 0.175 e. The Morgan fingerprint density at radius 3 is 2.41 bits per heavy atom. The molecular weight excluding hydrogens is 242 g/mol. The standard InChI is InChI=1S/C11H17NO4S/c1-3-16-12-8-11(13)9-4-6-10(7-5-9)17(2,14)15/h4-7,11-13H,3,8H2,1-2H3. The van der Waals surface area contributed by atoms with Gasteiger partial charge in [0.05, 0.1) is 24.2 Å². The molecule has 1 atom stereocenters. The first-order valence-corrected chi connectivity index (χ1v) is 7.17. The van der Waals surface area contributed by atoms with Gasteiger partial charge in [0, 0.05) is 6.26 Å². The molecule has 0 saturated heterocycles. The first kappa shape index (κ1) is 14.1. The van der Waals surface area contributed by atoms with E-state index in [1.165, 1.54) is 12.1 Å². The number of rotatable bonds is 6. The van der Waals surface area contributed by atoms with Gasteiger partial charge < -0.3 is 9.94 Å². The molecule has 1 unspecified atom stereocenters. The number of benzene rings is 1. The normalized spacial score (nSPS) is 13.6. The van der Waals surface area contributed by atoms with E-state index in [1.807, 2.05) is 6.92 Å². The lowest BCUT2D eigenvalue weighted by atomic mass is 10.1. The molecule has 1 rings (SSSR count). The van der Waals surface area contributed by atoms with E-state index < -0.39 is 15.9 Å². The molecule has 5 nitrogen and oxygen atoms in total. The van der Waals surface area contributed by atoms with Crippen molar-refractivity contribution in [3.05, 3.63) is 29.8 Å². The molecule has 17 heavy (non-hydrogen) atoms. The van der Waals surface area contributed by atoms with Crippen LogP contribution in [0.2, 0.25) is 0 Å². The number of hydrogen-bond donors (Lipinski definition) is 2. The van der Waals surface area contributed by atoms with Gasteiger partial charge in [-0.3, -0.25) is 0 Å². The van der Waals surface area contributed by atoms with E-state index in [0.29, 0.717) is 12.2 Å². The molecule has 0 radical (unpaired) electrons. The van der Waals surface area contributed by atoms with Gasteiger partial charge in [0.1, 0.15) is 0 Å². The fourth-order valence-electron chi connectivity index (χ4n) is 1.29. The van der Waals surface area contributed by atoms with Crippen LogP contribution in [0.15, 0.2) is 29.2 Å². The summed E-state index contributed by atoms with van der Waals surface area (Å²) in [5, 5.41) is 9.75. The van der Waals surface area contributed by atoms with E-state index in [2.05, 4.69) is 5.48 Å². The van der Waals surface area contributed by atoms with Crippen molar-refractivity contribution in [1.29, 1.82) is 0 Å². The molecule has 2 N–H and O–H groups in total. The van der Waals surface area contributed by atoms with Crippen molar-refractivity contribution in [3.8, 4) is 0 Å². The molecule has 96 valence electrons. The van der Waals surface area contributed by atoms with Gasteiger partial charge in [-0.25, -0.2) is 8.42 Å². The number of aliphatic hydroxyl groups excluding tert-OH is 1. The monoisotopic (exact) mass is 259 g/mol. The van der Waals surface area contributed by atoms with E-state index in [-0.39, 0.29) is 11.4 Å². The Bertz CT molecular complexity index is 441. The predicted molar refractivity (Wildman–Crippen MR) is 64.1 cm³/mol. The zero-order valence-corrected chi connectivity index (χ0v) is 10.7. The van der Waals surface area contributed by atoms with Crippen LogP contribution < -0.4 is 5.48 Å². The zero-order chi connectivity index (χ0) is 12.9. The maximum Gasteiger partial charge on any atom is 0.175 e. The predicted octanol–water partition coefficient (Wildman–Crippen LogP) is 0.665. The topological polar surface area (TPSA) is 75.6 Å². The van der Waals surface area contributed by atoms with Crippen LogP contribution in [0, 0.1) is 0 Å². The van der Waals surface area contributed by atoms with Gasteiger partial charge in [0.2, 0.25) is 0 Å². The highest BCUT2D eigenvalue weighted by atomic mass is 32.2. The van der Waals surface area contributed by atoms with Gasteiger partial charge in [-0.1, -0.05) is 12.1 Å². The van der Waals surface area contributed by atoms with Gasteiger partial charge in [-0.15, -0.1) is 0 Å². The Kier molecular flexibility index (Phi) is 5.07. The summed E-state index contributed by atoms with van der Waals surface area (Å²) in [6.07, 6.45) is 0.421. The van der Waals surface area contributed by atoms with Gasteiger partial charge >= 0.3 is 0 Å². The van der Waals surface area contributed by atoms with Crippen LogP contribution in [0.3, 0.4) is 0 Å². The average Bonchev–Trinajstić information content (AvgIpc) is 2.28. The Morgan fingerprint density at radius 1 is 1.35 bits per heavy atom. The van der Waals surface area contributed by atoms with Gasteiger partial charge in [0.15, 0.2) is 9.84 Å². The van der Waals surface area contributed by atoms with Crippen molar-refractivity contribution in [2.45, 2.75) is 17.9 Å². The summed E-state index contributed by atoms with van der Waals surface area (Å²) in [5.41, 5.74) is 3.25. The van der Waals surface area contributed by atoms with Crippen LogP contribution in [0.1, 0.15) is 18.6 Å². The third-order valence-corrected chi connectivity index (χ3v) is 3.34. The fourth-order valence-corrected chi connectivity index (χ4v) is 1.93. The van der Waals surface area contributed by atoms with Crippen molar-refractivity contribution >= 4 is 9.84 Å². The second kappa shape index (κ2) is 6.11. The van der Waals surface area contributed by atoms with Crippen LogP contribution in [-0.2, 0) is 14.7 Å². The lowest BCUT2D eigenvalue weighted by molar-refractivity contribution is 0.0209. The highest BCUT2D eigenvalue weighted by molar-refractivity contribution is 7.90. The minimum atomic E-state index is -3.19. The Balaban J connectivity index is 2.67. The molecular formula is C11H17NO4S. The summed E-state index contributed by atoms with van der Waals surface area (Å²) >= 11 is 0. The van der Waals surface area contributed by atoms with Crippen molar-refractivity contribution in [1.82, 2.24) is 5.48 Å². The molecule has 0 spiro atoms. The summed E-state index contributed by atoms with van der Waals surface area (Å²) in [7, 11) is -3.19. The quantitative estimate of drug-likeness (QED) is 0.580. The molecule has 0 bridgehead atoms. The van der Waals surface area contributed by atoms with Crippen molar-refractivity contribution in [2.24, 2.45) is 0 Å². The minimum absolute atomic E-state index is 0.242. The van der Waals surface area contributed by atoms with E-state index in [4.69, 9.17) is 4.84 Å². The molecule has 0 aliphatic carbocycles. The van der Waals surface area contributed by atoms with Crippen molar-refractivity contribution in [3.63, 3.8) is 0 Å². The molecule has 0 aliphatic heterocycles. The third kappa shape index (κ3) is 4.43. The van der Waals surface area contributed by atoms with E-state index >= 15 is 0 Å². The highest BCUT2D eigenvalue weighted by Crippen LogP contribution is 2.15. The maximum atomic E-state index is 11.2. The lowest BCUT2D eigenvalue weighted by Crippen LogP contribution is -2.21. The Labute approximate surface area is 101 Å². The van der Waals surface area contributed by atoms with Crippen LogP contribution in [-0.4, -0.2) is 32.9 Å². The van der Waals surface area contributed by atoms with E-state index in [1.54, 1.807) is 12.1 Å². The summed E-state index contributed by atoms with van der Waals surface area (Å²) in [6.45, 7) is 2.60. The number of aliphatic hydroxyl groups is 1. The SMILES string of the molecule is CCONCC(O)c1ccc(S(C)(=O)=O)cc1. The second-order valence-electron chi connectivity index (χ2n) is 3.64. The van der Waals surface area contributed by atoms with Crippen molar-refractivity contribution in [2.75, 3.05) is 19.4 Å². The summed E-state index contributed by atoms with van der Waals surface area (Å²) < 4.78 is 22.5. The molecule has 1 aromatic rings. The number of hydrogen-bond acceptors (Lipinski definition) is 5. The minimum Gasteiger partial charge on any atom is -0.387 e. The van der Waals surface area contributed by atoms with Gasteiger partial charge in [0.25, 0.3) is 0 Å². The molecule has 6 heteroatoms. The maximum absolute atomic E-state index is 11.2. The second-order valence-corrected chi connectivity index (χ2v) is 5.65.